The SMILES string of the molecule is CC[C@@]1(O)C(=O)OCc2c1cc1n(c2=O)Cc2cc3cc(-c4ccc(C(=O)O)cc4)ccc3nc2-1. The summed E-state index contributed by atoms with van der Waals surface area (Å²) < 4.78 is 6.72. The van der Waals surface area contributed by atoms with Gasteiger partial charge in [-0.3, -0.25) is 4.79 Å². The average molecular weight is 468 g/mol. The minimum Gasteiger partial charge on any atom is -0.478 e. The predicted molar refractivity (Wildman–Crippen MR) is 127 cm³/mol. The molecule has 2 aliphatic heterocycles. The molecule has 4 heterocycles. The summed E-state index contributed by atoms with van der Waals surface area (Å²) in [7, 11) is 0. The van der Waals surface area contributed by atoms with Gasteiger partial charge in [-0.1, -0.05) is 25.1 Å². The number of pyridine rings is 2. The van der Waals surface area contributed by atoms with Crippen molar-refractivity contribution in [2.24, 2.45) is 0 Å². The van der Waals surface area contributed by atoms with E-state index in [1.165, 1.54) is 0 Å². The van der Waals surface area contributed by atoms with E-state index in [4.69, 9.17) is 14.8 Å². The molecule has 0 saturated carbocycles. The maximum atomic E-state index is 13.3. The van der Waals surface area contributed by atoms with Gasteiger partial charge in [0.1, 0.15) is 6.61 Å². The van der Waals surface area contributed by atoms with Gasteiger partial charge in [-0.05, 0) is 53.9 Å². The lowest BCUT2D eigenvalue weighted by atomic mass is 9.86. The lowest BCUT2D eigenvalue weighted by Crippen LogP contribution is -2.44. The molecule has 8 heteroatoms. The Labute approximate surface area is 199 Å². The number of carbonyl (C=O) groups excluding carboxylic acids is 1. The van der Waals surface area contributed by atoms with Crippen LogP contribution in [0.25, 0.3) is 33.4 Å². The van der Waals surface area contributed by atoms with Gasteiger partial charge in [0.15, 0.2) is 5.60 Å². The number of aromatic nitrogens is 2. The van der Waals surface area contributed by atoms with Crippen molar-refractivity contribution in [1.82, 2.24) is 9.55 Å². The van der Waals surface area contributed by atoms with E-state index in [-0.39, 0.29) is 24.2 Å². The van der Waals surface area contributed by atoms with Crippen LogP contribution in [0.3, 0.4) is 0 Å². The third-order valence-electron chi connectivity index (χ3n) is 6.97. The molecule has 1 atom stereocenters. The molecule has 2 aromatic carbocycles. The molecule has 0 unspecified atom stereocenters. The van der Waals surface area contributed by atoms with E-state index in [0.717, 1.165) is 27.6 Å². The molecule has 35 heavy (non-hydrogen) atoms. The van der Waals surface area contributed by atoms with Crippen molar-refractivity contribution < 1.29 is 24.5 Å². The van der Waals surface area contributed by atoms with Gasteiger partial charge in [0.25, 0.3) is 5.56 Å². The number of hydrogen-bond donors (Lipinski definition) is 2. The topological polar surface area (TPSA) is 119 Å². The second kappa shape index (κ2) is 7.35. The number of aliphatic hydroxyl groups is 1. The fourth-order valence-electron chi connectivity index (χ4n) is 4.97. The predicted octanol–water partition coefficient (Wildman–Crippen LogP) is 3.44. The molecule has 0 saturated heterocycles. The molecule has 2 aromatic heterocycles. The Balaban J connectivity index is 1.47. The fraction of sp³-hybridized carbons (Fsp3) is 0.185. The van der Waals surface area contributed by atoms with E-state index in [9.17, 15) is 19.5 Å². The Hall–Kier alpha value is -4.30. The summed E-state index contributed by atoms with van der Waals surface area (Å²) in [6.07, 6.45) is 0.0932. The highest BCUT2D eigenvalue weighted by Crippen LogP contribution is 2.39. The highest BCUT2D eigenvalue weighted by atomic mass is 16.6. The minimum atomic E-state index is -1.85. The molecule has 0 aliphatic carbocycles. The summed E-state index contributed by atoms with van der Waals surface area (Å²) in [5, 5.41) is 21.0. The number of hydrogen-bond acceptors (Lipinski definition) is 6. The molecule has 0 fully saturated rings. The molecule has 174 valence electrons. The van der Waals surface area contributed by atoms with Gasteiger partial charge in [-0.25, -0.2) is 14.6 Å². The quantitative estimate of drug-likeness (QED) is 0.389. The number of aromatic carboxylic acids is 1. The summed E-state index contributed by atoms with van der Waals surface area (Å²) in [5.41, 5.74) is 3.28. The molecule has 0 bridgehead atoms. The number of fused-ring (bicyclic) bond motifs is 5. The molecule has 0 spiro atoms. The second-order valence-corrected chi connectivity index (χ2v) is 8.89. The fourth-order valence-corrected chi connectivity index (χ4v) is 4.97. The summed E-state index contributed by atoms with van der Waals surface area (Å²) in [4.78, 5) is 41.5. The summed E-state index contributed by atoms with van der Waals surface area (Å²) in [5.74, 6) is -1.72. The van der Waals surface area contributed by atoms with Crippen molar-refractivity contribution in [2.75, 3.05) is 0 Å². The number of cyclic esters (lactones) is 1. The van der Waals surface area contributed by atoms with Crippen LogP contribution in [0.2, 0.25) is 0 Å². The van der Waals surface area contributed by atoms with Crippen LogP contribution in [0.1, 0.15) is 40.4 Å². The second-order valence-electron chi connectivity index (χ2n) is 8.89. The van der Waals surface area contributed by atoms with Gasteiger partial charge in [0, 0.05) is 16.5 Å². The van der Waals surface area contributed by atoms with E-state index < -0.39 is 17.5 Å². The Morgan fingerprint density at radius 1 is 1.09 bits per heavy atom. The summed E-state index contributed by atoms with van der Waals surface area (Å²) in [6, 6.07) is 16.1. The Morgan fingerprint density at radius 2 is 1.83 bits per heavy atom. The van der Waals surface area contributed by atoms with Crippen molar-refractivity contribution >= 4 is 22.8 Å². The number of carboxylic acid groups (broad SMARTS) is 1. The Kier molecular flexibility index (Phi) is 4.46. The zero-order valence-corrected chi connectivity index (χ0v) is 18.7. The van der Waals surface area contributed by atoms with Crippen LogP contribution in [0.4, 0.5) is 0 Å². The largest absolute Gasteiger partial charge is 0.478 e. The zero-order chi connectivity index (χ0) is 24.5. The Morgan fingerprint density at radius 3 is 2.54 bits per heavy atom. The standard InChI is InChI=1S/C27H20N2O6/c1-2-27(34)20-11-22-23-18(12-29(22)24(30)19(20)13-35-26(27)33)10-17-9-16(7-8-21(17)28-23)14-3-5-15(6-4-14)25(31)32/h3-11,34H,2,12-13H2,1H3,(H,31,32)/t27-/m0/s1. The summed E-state index contributed by atoms with van der Waals surface area (Å²) in [6.45, 7) is 1.84. The van der Waals surface area contributed by atoms with Crippen LogP contribution < -0.4 is 5.56 Å². The van der Waals surface area contributed by atoms with Crippen molar-refractivity contribution in [2.45, 2.75) is 32.1 Å². The van der Waals surface area contributed by atoms with Gasteiger partial charge in [-0.2, -0.15) is 0 Å². The lowest BCUT2D eigenvalue weighted by Gasteiger charge is -2.31. The number of carbonyl (C=O) groups is 2. The number of carboxylic acids is 1. The lowest BCUT2D eigenvalue weighted by molar-refractivity contribution is -0.172. The maximum Gasteiger partial charge on any atom is 0.343 e. The first-order valence-corrected chi connectivity index (χ1v) is 11.2. The first kappa shape index (κ1) is 21.2. The van der Waals surface area contributed by atoms with Crippen molar-refractivity contribution in [3.63, 3.8) is 0 Å². The highest BCUT2D eigenvalue weighted by molar-refractivity contribution is 5.90. The van der Waals surface area contributed by atoms with Gasteiger partial charge in [-0.15, -0.1) is 0 Å². The molecular formula is C27H20N2O6. The van der Waals surface area contributed by atoms with Crippen molar-refractivity contribution in [3.05, 3.63) is 87.2 Å². The number of benzene rings is 2. The van der Waals surface area contributed by atoms with Crippen molar-refractivity contribution in [1.29, 1.82) is 0 Å². The molecule has 8 nitrogen and oxygen atoms in total. The Bertz CT molecular complexity index is 1640. The highest BCUT2D eigenvalue weighted by Gasteiger charge is 2.45. The number of rotatable bonds is 3. The van der Waals surface area contributed by atoms with E-state index >= 15 is 0 Å². The smallest absolute Gasteiger partial charge is 0.343 e. The molecule has 2 N–H and O–H groups in total. The minimum absolute atomic E-state index is 0.0932. The number of ether oxygens (including phenoxy) is 1. The first-order valence-electron chi connectivity index (χ1n) is 11.2. The van der Waals surface area contributed by atoms with Crippen LogP contribution in [0, 0.1) is 0 Å². The van der Waals surface area contributed by atoms with Gasteiger partial charge < -0.3 is 19.5 Å². The number of esters is 1. The average Bonchev–Trinajstić information content (AvgIpc) is 3.22. The van der Waals surface area contributed by atoms with Gasteiger partial charge in [0.05, 0.1) is 34.6 Å². The van der Waals surface area contributed by atoms with Crippen LogP contribution in [0.15, 0.2) is 59.4 Å². The van der Waals surface area contributed by atoms with E-state index in [0.29, 0.717) is 29.1 Å². The van der Waals surface area contributed by atoms with Crippen LogP contribution in [-0.4, -0.2) is 31.7 Å². The van der Waals surface area contributed by atoms with Crippen LogP contribution in [0.5, 0.6) is 0 Å². The van der Waals surface area contributed by atoms with E-state index in [1.807, 2.05) is 24.3 Å². The van der Waals surface area contributed by atoms with Gasteiger partial charge >= 0.3 is 11.9 Å². The number of nitrogens with zero attached hydrogens (tertiary/aromatic N) is 2. The van der Waals surface area contributed by atoms with Crippen LogP contribution >= 0.6 is 0 Å². The summed E-state index contributed by atoms with van der Waals surface area (Å²) >= 11 is 0. The normalized spacial score (nSPS) is 18.1. The van der Waals surface area contributed by atoms with Gasteiger partial charge in [0.2, 0.25) is 0 Å². The first-order chi connectivity index (χ1) is 16.8. The molecule has 0 radical (unpaired) electrons. The maximum absolute atomic E-state index is 13.3. The molecule has 2 aliphatic rings. The molecule has 4 aromatic rings. The zero-order valence-electron chi connectivity index (χ0n) is 18.7. The third kappa shape index (κ3) is 3.03. The van der Waals surface area contributed by atoms with E-state index in [1.54, 1.807) is 41.8 Å². The molecule has 6 rings (SSSR count). The van der Waals surface area contributed by atoms with Crippen LogP contribution in [-0.2, 0) is 28.3 Å². The monoisotopic (exact) mass is 468 g/mol. The molecular weight excluding hydrogens is 448 g/mol. The molecule has 0 amide bonds. The van der Waals surface area contributed by atoms with E-state index in [2.05, 4.69) is 0 Å². The third-order valence-corrected chi connectivity index (χ3v) is 6.97. The van der Waals surface area contributed by atoms with Crippen molar-refractivity contribution in [3.8, 4) is 22.5 Å².